The number of rotatable bonds is 4. The molecule has 1 saturated heterocycles. The molecule has 120 valence electrons. The maximum Gasteiger partial charge on any atom is 0.252 e. The second-order valence-corrected chi connectivity index (χ2v) is 5.32. The number of ether oxygens (including phenoxy) is 1. The SMILES string of the molecule is C=CC(=O)N1CCC(Oc2cnc3[nH]cc(C(N)=O)c3n2)CC1. The molecule has 2 aromatic rings. The van der Waals surface area contributed by atoms with Gasteiger partial charge in [-0.3, -0.25) is 9.59 Å². The fourth-order valence-corrected chi connectivity index (χ4v) is 2.61. The van der Waals surface area contributed by atoms with Crippen LogP contribution in [0.3, 0.4) is 0 Å². The summed E-state index contributed by atoms with van der Waals surface area (Å²) < 4.78 is 5.83. The highest BCUT2D eigenvalue weighted by Gasteiger charge is 2.23. The predicted molar refractivity (Wildman–Crippen MR) is 82.8 cm³/mol. The third-order valence-corrected chi connectivity index (χ3v) is 3.84. The van der Waals surface area contributed by atoms with Gasteiger partial charge in [-0.15, -0.1) is 0 Å². The van der Waals surface area contributed by atoms with Crippen LogP contribution in [0.2, 0.25) is 0 Å². The van der Waals surface area contributed by atoms with E-state index in [1.807, 2.05) is 0 Å². The Morgan fingerprint density at radius 3 is 2.83 bits per heavy atom. The number of piperidine rings is 1. The summed E-state index contributed by atoms with van der Waals surface area (Å²) in [6, 6.07) is 0. The van der Waals surface area contributed by atoms with Crippen LogP contribution in [-0.2, 0) is 4.79 Å². The largest absolute Gasteiger partial charge is 0.473 e. The lowest BCUT2D eigenvalue weighted by molar-refractivity contribution is -0.127. The van der Waals surface area contributed by atoms with Gasteiger partial charge in [0.1, 0.15) is 11.6 Å². The number of nitrogens with two attached hydrogens (primary N) is 1. The topological polar surface area (TPSA) is 114 Å². The molecule has 8 nitrogen and oxygen atoms in total. The van der Waals surface area contributed by atoms with Gasteiger partial charge in [-0.25, -0.2) is 9.97 Å². The van der Waals surface area contributed by atoms with Crippen LogP contribution in [0.15, 0.2) is 25.0 Å². The highest BCUT2D eigenvalue weighted by atomic mass is 16.5. The van der Waals surface area contributed by atoms with Crippen molar-refractivity contribution in [3.63, 3.8) is 0 Å². The van der Waals surface area contributed by atoms with E-state index in [2.05, 4.69) is 21.5 Å². The summed E-state index contributed by atoms with van der Waals surface area (Å²) in [5, 5.41) is 0. The van der Waals surface area contributed by atoms with Crippen molar-refractivity contribution in [1.29, 1.82) is 0 Å². The lowest BCUT2D eigenvalue weighted by Gasteiger charge is -2.31. The first-order valence-corrected chi connectivity index (χ1v) is 7.30. The lowest BCUT2D eigenvalue weighted by Crippen LogP contribution is -2.41. The molecular weight excluding hydrogens is 298 g/mol. The fourth-order valence-electron chi connectivity index (χ4n) is 2.61. The van der Waals surface area contributed by atoms with Crippen LogP contribution in [0.25, 0.3) is 11.2 Å². The van der Waals surface area contributed by atoms with Crippen LogP contribution in [-0.4, -0.2) is 50.9 Å². The third kappa shape index (κ3) is 3.01. The van der Waals surface area contributed by atoms with E-state index in [0.717, 1.165) is 0 Å². The van der Waals surface area contributed by atoms with Crippen molar-refractivity contribution in [2.24, 2.45) is 5.73 Å². The number of carbonyl (C=O) groups is 2. The molecule has 0 radical (unpaired) electrons. The average Bonchev–Trinajstić information content (AvgIpc) is 2.98. The molecule has 0 saturated carbocycles. The second kappa shape index (κ2) is 6.07. The molecule has 1 fully saturated rings. The Labute approximate surface area is 132 Å². The van der Waals surface area contributed by atoms with Gasteiger partial charge in [0.25, 0.3) is 5.91 Å². The number of H-pyrrole nitrogens is 1. The van der Waals surface area contributed by atoms with Crippen molar-refractivity contribution in [1.82, 2.24) is 19.9 Å². The van der Waals surface area contributed by atoms with Crippen molar-refractivity contribution < 1.29 is 14.3 Å². The summed E-state index contributed by atoms with van der Waals surface area (Å²) in [6.45, 7) is 4.71. The first-order chi connectivity index (χ1) is 11.1. The van der Waals surface area contributed by atoms with Crippen molar-refractivity contribution in [2.45, 2.75) is 18.9 Å². The van der Waals surface area contributed by atoms with Gasteiger partial charge >= 0.3 is 0 Å². The molecule has 0 spiro atoms. The van der Waals surface area contributed by atoms with E-state index in [0.29, 0.717) is 43.0 Å². The Balaban J connectivity index is 1.70. The van der Waals surface area contributed by atoms with Gasteiger partial charge in [0.15, 0.2) is 5.65 Å². The van der Waals surface area contributed by atoms with E-state index in [1.165, 1.54) is 18.5 Å². The van der Waals surface area contributed by atoms with Crippen LogP contribution in [0.4, 0.5) is 0 Å². The van der Waals surface area contributed by atoms with Crippen molar-refractivity contribution in [2.75, 3.05) is 13.1 Å². The molecule has 0 aromatic carbocycles. The van der Waals surface area contributed by atoms with Gasteiger partial charge < -0.3 is 20.4 Å². The average molecular weight is 315 g/mol. The zero-order valence-corrected chi connectivity index (χ0v) is 12.5. The minimum atomic E-state index is -0.570. The summed E-state index contributed by atoms with van der Waals surface area (Å²) in [5.74, 6) is -0.296. The van der Waals surface area contributed by atoms with E-state index in [9.17, 15) is 9.59 Å². The van der Waals surface area contributed by atoms with Gasteiger partial charge in [0, 0.05) is 32.1 Å². The number of aromatic nitrogens is 3. The molecular formula is C15H17N5O3. The lowest BCUT2D eigenvalue weighted by atomic mass is 10.1. The standard InChI is InChI=1S/C15H17N5O3/c1-2-12(21)20-5-3-9(4-6-20)23-11-8-18-15-13(19-11)10(7-17-15)14(16)22/h2,7-9H,1,3-6H2,(H2,16,22)(H,17,18). The summed E-state index contributed by atoms with van der Waals surface area (Å²) >= 11 is 0. The van der Waals surface area contributed by atoms with Crippen molar-refractivity contribution in [3.8, 4) is 5.88 Å². The number of hydrogen-bond acceptors (Lipinski definition) is 5. The van der Waals surface area contributed by atoms with Crippen LogP contribution in [0, 0.1) is 0 Å². The van der Waals surface area contributed by atoms with Crippen LogP contribution in [0.5, 0.6) is 5.88 Å². The minimum Gasteiger partial charge on any atom is -0.473 e. The summed E-state index contributed by atoms with van der Waals surface area (Å²) in [7, 11) is 0. The zero-order valence-electron chi connectivity index (χ0n) is 12.5. The normalized spacial score (nSPS) is 15.6. The molecule has 23 heavy (non-hydrogen) atoms. The van der Waals surface area contributed by atoms with Gasteiger partial charge in [-0.05, 0) is 6.08 Å². The monoisotopic (exact) mass is 315 g/mol. The molecule has 3 rings (SSSR count). The number of amides is 2. The van der Waals surface area contributed by atoms with Crippen LogP contribution < -0.4 is 10.5 Å². The van der Waals surface area contributed by atoms with E-state index in [4.69, 9.17) is 10.5 Å². The first kappa shape index (κ1) is 15.0. The van der Waals surface area contributed by atoms with E-state index < -0.39 is 5.91 Å². The van der Waals surface area contributed by atoms with Crippen molar-refractivity contribution in [3.05, 3.63) is 30.6 Å². The van der Waals surface area contributed by atoms with E-state index in [1.54, 1.807) is 4.90 Å². The Morgan fingerprint density at radius 1 is 1.43 bits per heavy atom. The molecule has 1 aliphatic rings. The van der Waals surface area contributed by atoms with E-state index >= 15 is 0 Å². The van der Waals surface area contributed by atoms with E-state index in [-0.39, 0.29) is 17.6 Å². The van der Waals surface area contributed by atoms with Gasteiger partial charge in [-0.1, -0.05) is 6.58 Å². The number of primary amides is 1. The quantitative estimate of drug-likeness (QED) is 0.802. The highest BCUT2D eigenvalue weighted by Crippen LogP contribution is 2.20. The first-order valence-electron chi connectivity index (χ1n) is 7.30. The maximum atomic E-state index is 11.5. The number of nitrogens with one attached hydrogen (secondary N) is 1. The molecule has 2 aromatic heterocycles. The number of aromatic amines is 1. The number of carbonyl (C=O) groups excluding carboxylic acids is 2. The predicted octanol–water partition coefficient (Wildman–Crippen LogP) is 0.613. The zero-order chi connectivity index (χ0) is 16.4. The fraction of sp³-hybridized carbons (Fsp3) is 0.333. The summed E-state index contributed by atoms with van der Waals surface area (Å²) in [5.41, 5.74) is 6.47. The number of likely N-dealkylation sites (tertiary alicyclic amines) is 1. The molecule has 2 amide bonds. The Morgan fingerprint density at radius 2 is 2.17 bits per heavy atom. The minimum absolute atomic E-state index is 0.0495. The van der Waals surface area contributed by atoms with Gasteiger partial charge in [0.05, 0.1) is 11.8 Å². The maximum absolute atomic E-state index is 11.5. The molecule has 0 atom stereocenters. The molecule has 1 aliphatic heterocycles. The third-order valence-electron chi connectivity index (χ3n) is 3.84. The molecule has 0 bridgehead atoms. The molecule has 3 heterocycles. The van der Waals surface area contributed by atoms with Gasteiger partial charge in [0.2, 0.25) is 11.8 Å². The highest BCUT2D eigenvalue weighted by molar-refractivity contribution is 6.03. The smallest absolute Gasteiger partial charge is 0.252 e. The second-order valence-electron chi connectivity index (χ2n) is 5.32. The molecule has 8 heteroatoms. The Bertz CT molecular complexity index is 762. The Hall–Kier alpha value is -2.90. The molecule has 0 aliphatic carbocycles. The number of hydrogen-bond donors (Lipinski definition) is 2. The molecule has 0 unspecified atom stereocenters. The summed E-state index contributed by atoms with van der Waals surface area (Å²) in [6.07, 6.45) is 5.66. The van der Waals surface area contributed by atoms with Crippen LogP contribution in [0.1, 0.15) is 23.2 Å². The Kier molecular flexibility index (Phi) is 3.96. The summed E-state index contributed by atoms with van der Waals surface area (Å²) in [4.78, 5) is 36.0. The van der Waals surface area contributed by atoms with Crippen molar-refractivity contribution >= 4 is 23.0 Å². The number of fused-ring (bicyclic) bond motifs is 1. The molecule has 3 N–H and O–H groups in total. The number of nitrogens with zero attached hydrogens (tertiary/aromatic N) is 3. The van der Waals surface area contributed by atoms with Crippen LogP contribution >= 0.6 is 0 Å². The van der Waals surface area contributed by atoms with Gasteiger partial charge in [-0.2, -0.15) is 0 Å².